The molecule has 0 bridgehead atoms. The fourth-order valence-corrected chi connectivity index (χ4v) is 4.32. The number of aromatic nitrogens is 2. The van der Waals surface area contributed by atoms with E-state index in [0.29, 0.717) is 46.3 Å². The summed E-state index contributed by atoms with van der Waals surface area (Å²) in [7, 11) is 0. The first kappa shape index (κ1) is 22.7. The van der Waals surface area contributed by atoms with Crippen molar-refractivity contribution in [1.29, 1.82) is 0 Å². The molecule has 0 spiro atoms. The van der Waals surface area contributed by atoms with Crippen LogP contribution < -0.4 is 10.3 Å². The highest BCUT2D eigenvalue weighted by Gasteiger charge is 2.22. The van der Waals surface area contributed by atoms with E-state index < -0.39 is 11.8 Å². The molecule has 0 saturated carbocycles. The molecule has 3 rings (SSSR count). The van der Waals surface area contributed by atoms with E-state index in [0.717, 1.165) is 5.56 Å². The van der Waals surface area contributed by atoms with Crippen molar-refractivity contribution in [3.8, 4) is 5.75 Å². The van der Waals surface area contributed by atoms with E-state index in [-0.39, 0.29) is 10.6 Å². The van der Waals surface area contributed by atoms with Crippen molar-refractivity contribution in [2.24, 2.45) is 0 Å². The van der Waals surface area contributed by atoms with E-state index >= 15 is 0 Å². The molecule has 6 nitrogen and oxygen atoms in total. The van der Waals surface area contributed by atoms with E-state index in [1.807, 2.05) is 20.8 Å². The average Bonchev–Trinajstić information content (AvgIpc) is 3.17. The van der Waals surface area contributed by atoms with Crippen LogP contribution >= 0.6 is 46.6 Å². The molecule has 0 atom stereocenters. The SMILES string of the molecule is CC(C)(C)n1ncc(SCCOc2c(Cl)cc(C3OCCO3)cc2Cl)c(Cl)c1=O. The number of thioether (sulfide) groups is 1. The minimum Gasteiger partial charge on any atom is -0.490 e. The van der Waals surface area contributed by atoms with Crippen LogP contribution in [0.5, 0.6) is 5.75 Å². The highest BCUT2D eigenvalue weighted by atomic mass is 35.5. The van der Waals surface area contributed by atoms with Crippen LogP contribution in [-0.4, -0.2) is 35.4 Å². The summed E-state index contributed by atoms with van der Waals surface area (Å²) in [6.45, 7) is 7.06. The van der Waals surface area contributed by atoms with Gasteiger partial charge in [0.05, 0.1) is 46.5 Å². The standard InChI is InChI=1S/C19H21Cl3N2O4S/c1-19(2,3)24-17(25)15(22)14(10-23-24)29-7-6-26-16-12(20)8-11(9-13(16)21)18-27-4-5-28-18/h8-10,18H,4-7H2,1-3H3. The fourth-order valence-electron chi connectivity index (χ4n) is 2.70. The number of ether oxygens (including phenoxy) is 3. The Balaban J connectivity index is 1.61. The van der Waals surface area contributed by atoms with E-state index in [1.165, 1.54) is 16.4 Å². The molecule has 1 aliphatic heterocycles. The highest BCUT2D eigenvalue weighted by Crippen LogP contribution is 2.38. The van der Waals surface area contributed by atoms with Gasteiger partial charge in [0, 0.05) is 11.3 Å². The predicted octanol–water partition coefficient (Wildman–Crippen LogP) is 5.18. The Labute approximate surface area is 188 Å². The van der Waals surface area contributed by atoms with Gasteiger partial charge in [0.15, 0.2) is 12.0 Å². The third-order valence-electron chi connectivity index (χ3n) is 4.02. The van der Waals surface area contributed by atoms with Crippen LogP contribution in [0.3, 0.4) is 0 Å². The van der Waals surface area contributed by atoms with Gasteiger partial charge in [-0.25, -0.2) is 4.68 Å². The van der Waals surface area contributed by atoms with Gasteiger partial charge >= 0.3 is 0 Å². The smallest absolute Gasteiger partial charge is 0.287 e. The van der Waals surface area contributed by atoms with Gasteiger partial charge in [-0.2, -0.15) is 5.10 Å². The largest absolute Gasteiger partial charge is 0.490 e. The summed E-state index contributed by atoms with van der Waals surface area (Å²) < 4.78 is 18.0. The average molecular weight is 480 g/mol. The third kappa shape index (κ3) is 5.40. The van der Waals surface area contributed by atoms with Crippen molar-refractivity contribution >= 4 is 46.6 Å². The molecule has 158 valence electrons. The van der Waals surface area contributed by atoms with Crippen LogP contribution in [0, 0.1) is 0 Å². The maximum absolute atomic E-state index is 12.4. The molecule has 1 saturated heterocycles. The van der Waals surface area contributed by atoms with Crippen molar-refractivity contribution in [3.63, 3.8) is 0 Å². The number of rotatable bonds is 6. The molecule has 1 aliphatic rings. The second-order valence-electron chi connectivity index (χ2n) is 7.29. The highest BCUT2D eigenvalue weighted by molar-refractivity contribution is 7.99. The Kier molecular flexibility index (Phi) is 7.41. The number of hydrogen-bond donors (Lipinski definition) is 0. The normalized spacial score (nSPS) is 15.1. The van der Waals surface area contributed by atoms with Gasteiger partial charge in [-0.05, 0) is 32.9 Å². The quantitative estimate of drug-likeness (QED) is 0.420. The lowest BCUT2D eigenvalue weighted by atomic mass is 10.1. The molecule has 0 unspecified atom stereocenters. The minimum absolute atomic E-state index is 0.150. The third-order valence-corrected chi connectivity index (χ3v) is 6.05. The first-order valence-corrected chi connectivity index (χ1v) is 11.1. The van der Waals surface area contributed by atoms with E-state index in [1.54, 1.807) is 18.3 Å². The summed E-state index contributed by atoms with van der Waals surface area (Å²) in [5, 5.41) is 5.12. The zero-order valence-corrected chi connectivity index (χ0v) is 19.3. The molecule has 29 heavy (non-hydrogen) atoms. The maximum atomic E-state index is 12.4. The Hall–Kier alpha value is -0.960. The lowest BCUT2D eigenvalue weighted by Gasteiger charge is -2.21. The van der Waals surface area contributed by atoms with E-state index in [2.05, 4.69) is 5.10 Å². The molecule has 0 radical (unpaired) electrons. The molecule has 2 aromatic rings. The first-order chi connectivity index (χ1) is 13.7. The summed E-state index contributed by atoms with van der Waals surface area (Å²) in [6.07, 6.45) is 1.13. The van der Waals surface area contributed by atoms with Crippen LogP contribution in [0.1, 0.15) is 32.6 Å². The summed E-state index contributed by atoms with van der Waals surface area (Å²) in [6, 6.07) is 3.44. The van der Waals surface area contributed by atoms with Crippen LogP contribution in [0.25, 0.3) is 0 Å². The topological polar surface area (TPSA) is 62.6 Å². The molecule has 10 heteroatoms. The second kappa shape index (κ2) is 9.45. The van der Waals surface area contributed by atoms with Crippen LogP contribution in [0.4, 0.5) is 0 Å². The predicted molar refractivity (Wildman–Crippen MR) is 116 cm³/mol. The Bertz CT molecular complexity index is 917. The second-order valence-corrected chi connectivity index (χ2v) is 9.62. The number of hydrogen-bond acceptors (Lipinski definition) is 6. The molecular formula is C19H21Cl3N2O4S. The molecule has 0 amide bonds. The molecule has 0 aliphatic carbocycles. The number of halogens is 3. The summed E-state index contributed by atoms with van der Waals surface area (Å²) in [4.78, 5) is 13.0. The van der Waals surface area contributed by atoms with Crippen molar-refractivity contribution in [3.05, 3.63) is 49.3 Å². The van der Waals surface area contributed by atoms with Gasteiger partial charge in [-0.3, -0.25) is 4.79 Å². The zero-order valence-electron chi connectivity index (χ0n) is 16.2. The molecule has 1 fully saturated rings. The monoisotopic (exact) mass is 478 g/mol. The molecule has 1 aromatic carbocycles. The van der Waals surface area contributed by atoms with Gasteiger partial charge < -0.3 is 14.2 Å². The molecule has 1 aromatic heterocycles. The first-order valence-electron chi connectivity index (χ1n) is 8.94. The molecule has 0 N–H and O–H groups in total. The van der Waals surface area contributed by atoms with Gasteiger partial charge in [0.1, 0.15) is 5.02 Å². The van der Waals surface area contributed by atoms with Gasteiger partial charge in [-0.15, -0.1) is 11.8 Å². The summed E-state index contributed by atoms with van der Waals surface area (Å²) in [5.74, 6) is 0.923. The molecule has 2 heterocycles. The van der Waals surface area contributed by atoms with E-state index in [4.69, 9.17) is 49.0 Å². The van der Waals surface area contributed by atoms with Crippen LogP contribution in [-0.2, 0) is 15.0 Å². The fraction of sp³-hybridized carbons (Fsp3) is 0.474. The Morgan fingerprint density at radius 3 is 2.41 bits per heavy atom. The van der Waals surface area contributed by atoms with Crippen molar-refractivity contribution in [2.45, 2.75) is 37.5 Å². The summed E-state index contributed by atoms with van der Waals surface area (Å²) in [5.41, 5.74) is -0.0130. The maximum Gasteiger partial charge on any atom is 0.287 e. The Morgan fingerprint density at radius 1 is 1.21 bits per heavy atom. The van der Waals surface area contributed by atoms with E-state index in [9.17, 15) is 4.79 Å². The van der Waals surface area contributed by atoms with Crippen LogP contribution in [0.2, 0.25) is 15.1 Å². The van der Waals surface area contributed by atoms with Crippen LogP contribution in [0.15, 0.2) is 28.0 Å². The summed E-state index contributed by atoms with van der Waals surface area (Å²) >= 11 is 20.2. The lowest BCUT2D eigenvalue weighted by Crippen LogP contribution is -2.36. The lowest BCUT2D eigenvalue weighted by molar-refractivity contribution is -0.0441. The van der Waals surface area contributed by atoms with Crippen molar-refractivity contribution in [2.75, 3.05) is 25.6 Å². The van der Waals surface area contributed by atoms with Crippen molar-refractivity contribution < 1.29 is 14.2 Å². The Morgan fingerprint density at radius 2 is 1.83 bits per heavy atom. The van der Waals surface area contributed by atoms with Gasteiger partial charge in [0.25, 0.3) is 5.56 Å². The minimum atomic E-state index is -0.459. The van der Waals surface area contributed by atoms with Crippen molar-refractivity contribution in [1.82, 2.24) is 9.78 Å². The van der Waals surface area contributed by atoms with Gasteiger partial charge in [0.2, 0.25) is 0 Å². The zero-order chi connectivity index (χ0) is 21.2. The number of benzene rings is 1. The number of nitrogens with zero attached hydrogens (tertiary/aromatic N) is 2. The molecular weight excluding hydrogens is 459 g/mol. The van der Waals surface area contributed by atoms with Gasteiger partial charge in [-0.1, -0.05) is 34.8 Å².